The van der Waals surface area contributed by atoms with Gasteiger partial charge in [-0.05, 0) is 38.6 Å². The maximum absolute atomic E-state index is 12.4. The molecule has 1 aliphatic heterocycles. The molecule has 0 radical (unpaired) electrons. The second-order valence-corrected chi connectivity index (χ2v) is 8.42. The Morgan fingerprint density at radius 2 is 2.04 bits per heavy atom. The second kappa shape index (κ2) is 6.96. The first kappa shape index (κ1) is 16.3. The van der Waals surface area contributed by atoms with Gasteiger partial charge in [-0.25, -0.2) is 4.98 Å². The Balaban J connectivity index is 1.48. The third kappa shape index (κ3) is 3.29. The third-order valence-electron chi connectivity index (χ3n) is 5.82. The number of aryl methyl sites for hydroxylation is 1. The zero-order valence-electron chi connectivity index (χ0n) is 14.5. The highest BCUT2D eigenvalue weighted by molar-refractivity contribution is 7.15. The summed E-state index contributed by atoms with van der Waals surface area (Å²) in [5.74, 6) is 0.922. The summed E-state index contributed by atoms with van der Waals surface area (Å²) in [6.45, 7) is 3.95. The number of nitrogens with zero attached hydrogens (tertiary/aromatic N) is 3. The lowest BCUT2D eigenvalue weighted by atomic mass is 9.84. The molecule has 5 heteroatoms. The molecule has 4 rings (SSSR count). The van der Waals surface area contributed by atoms with Crippen LogP contribution >= 0.6 is 11.3 Å². The van der Waals surface area contributed by atoms with E-state index in [1.54, 1.807) is 21.8 Å². The average molecular weight is 346 g/mol. The van der Waals surface area contributed by atoms with Crippen LogP contribution in [0.3, 0.4) is 0 Å². The van der Waals surface area contributed by atoms with Gasteiger partial charge < -0.3 is 0 Å². The molecular formula is C19H27N3OS. The predicted molar refractivity (Wildman–Crippen MR) is 98.7 cm³/mol. The molecule has 24 heavy (non-hydrogen) atoms. The van der Waals surface area contributed by atoms with Gasteiger partial charge in [0.1, 0.15) is 0 Å². The summed E-state index contributed by atoms with van der Waals surface area (Å²) < 4.78 is 1.72. The Kier molecular flexibility index (Phi) is 4.72. The van der Waals surface area contributed by atoms with Gasteiger partial charge >= 0.3 is 0 Å². The topological polar surface area (TPSA) is 37.6 Å². The molecule has 0 N–H and O–H groups in total. The quantitative estimate of drug-likeness (QED) is 0.840. The summed E-state index contributed by atoms with van der Waals surface area (Å²) >= 11 is 1.56. The van der Waals surface area contributed by atoms with Crippen LogP contribution in [0.5, 0.6) is 0 Å². The molecule has 1 aliphatic carbocycles. The molecule has 130 valence electrons. The Bertz CT molecular complexity index is 760. The van der Waals surface area contributed by atoms with Crippen molar-refractivity contribution in [2.45, 2.75) is 70.9 Å². The largest absolute Gasteiger partial charge is 0.295 e. The summed E-state index contributed by atoms with van der Waals surface area (Å²) in [5, 5.41) is 2.01. The van der Waals surface area contributed by atoms with Gasteiger partial charge in [-0.3, -0.25) is 14.1 Å². The van der Waals surface area contributed by atoms with Crippen molar-refractivity contribution in [3.05, 3.63) is 33.2 Å². The maximum Gasteiger partial charge on any atom is 0.259 e. The zero-order chi connectivity index (χ0) is 16.5. The number of hydrogen-bond donors (Lipinski definition) is 0. The van der Waals surface area contributed by atoms with Crippen molar-refractivity contribution in [1.82, 2.24) is 14.3 Å². The SMILES string of the molecule is Cc1csc2nc(CN3CCC[C@H]3CC3CCCCC3)cc(=O)n12. The fraction of sp³-hybridized carbons (Fsp3) is 0.684. The van der Waals surface area contributed by atoms with Gasteiger partial charge in [0.2, 0.25) is 0 Å². The van der Waals surface area contributed by atoms with E-state index in [2.05, 4.69) is 4.90 Å². The molecule has 2 fully saturated rings. The van der Waals surface area contributed by atoms with Crippen LogP contribution in [-0.4, -0.2) is 26.9 Å². The fourth-order valence-corrected chi connectivity index (χ4v) is 5.46. The standard InChI is InChI=1S/C19H27N3OS/c1-14-13-24-19-20-16(11-18(23)22(14)19)12-21-9-5-8-17(21)10-15-6-3-2-4-7-15/h11,13,15,17H,2-10,12H2,1H3/t17-/m0/s1. The molecular weight excluding hydrogens is 318 g/mol. The van der Waals surface area contributed by atoms with E-state index in [1.165, 1.54) is 51.4 Å². The van der Waals surface area contributed by atoms with Crippen LogP contribution in [0.2, 0.25) is 0 Å². The summed E-state index contributed by atoms with van der Waals surface area (Å²) in [7, 11) is 0. The normalized spacial score (nSPS) is 23.3. The number of fused-ring (bicyclic) bond motifs is 1. The minimum Gasteiger partial charge on any atom is -0.295 e. The van der Waals surface area contributed by atoms with Crippen LogP contribution in [0.4, 0.5) is 0 Å². The van der Waals surface area contributed by atoms with Crippen LogP contribution in [0, 0.1) is 12.8 Å². The van der Waals surface area contributed by atoms with E-state index in [0.717, 1.165) is 35.4 Å². The molecule has 2 aliphatic rings. The van der Waals surface area contributed by atoms with Crippen molar-refractivity contribution < 1.29 is 0 Å². The number of hydrogen-bond acceptors (Lipinski definition) is 4. The first-order chi connectivity index (χ1) is 11.7. The highest BCUT2D eigenvalue weighted by atomic mass is 32.1. The van der Waals surface area contributed by atoms with E-state index in [-0.39, 0.29) is 5.56 Å². The maximum atomic E-state index is 12.4. The molecule has 0 spiro atoms. The van der Waals surface area contributed by atoms with Crippen LogP contribution in [-0.2, 0) is 6.54 Å². The molecule has 0 aromatic carbocycles. The van der Waals surface area contributed by atoms with Crippen LogP contribution in [0.15, 0.2) is 16.2 Å². The van der Waals surface area contributed by atoms with E-state index in [9.17, 15) is 4.79 Å². The van der Waals surface area contributed by atoms with Crippen LogP contribution < -0.4 is 5.56 Å². The highest BCUT2D eigenvalue weighted by Crippen LogP contribution is 2.32. The van der Waals surface area contributed by atoms with Gasteiger partial charge in [-0.2, -0.15) is 0 Å². The zero-order valence-corrected chi connectivity index (χ0v) is 15.4. The Labute approximate surface area is 147 Å². The van der Waals surface area contributed by atoms with Gasteiger partial charge in [0.15, 0.2) is 4.96 Å². The van der Waals surface area contributed by atoms with E-state index >= 15 is 0 Å². The van der Waals surface area contributed by atoms with Gasteiger partial charge in [-0.15, -0.1) is 11.3 Å². The summed E-state index contributed by atoms with van der Waals surface area (Å²) in [4.78, 5) is 20.5. The smallest absolute Gasteiger partial charge is 0.259 e. The lowest BCUT2D eigenvalue weighted by Gasteiger charge is -2.30. The second-order valence-electron chi connectivity index (χ2n) is 7.59. The summed E-state index contributed by atoms with van der Waals surface area (Å²) in [6.07, 6.45) is 11.1. The van der Waals surface area contributed by atoms with Crippen molar-refractivity contribution in [3.63, 3.8) is 0 Å². The van der Waals surface area contributed by atoms with E-state index < -0.39 is 0 Å². The molecule has 2 aromatic rings. The number of rotatable bonds is 4. The van der Waals surface area contributed by atoms with Gasteiger partial charge in [0, 0.05) is 29.7 Å². The number of aromatic nitrogens is 2. The minimum absolute atomic E-state index is 0.0665. The third-order valence-corrected chi connectivity index (χ3v) is 6.77. The molecule has 1 saturated heterocycles. The molecule has 1 saturated carbocycles. The van der Waals surface area contributed by atoms with Crippen molar-refractivity contribution in [3.8, 4) is 0 Å². The van der Waals surface area contributed by atoms with E-state index in [0.29, 0.717) is 6.04 Å². The average Bonchev–Trinajstić information content (AvgIpc) is 3.16. The van der Waals surface area contributed by atoms with Crippen molar-refractivity contribution >= 4 is 16.3 Å². The molecule has 0 amide bonds. The Morgan fingerprint density at radius 1 is 1.21 bits per heavy atom. The predicted octanol–water partition coefficient (Wildman–Crippen LogP) is 4.00. The first-order valence-electron chi connectivity index (χ1n) is 9.41. The van der Waals surface area contributed by atoms with Crippen molar-refractivity contribution in [1.29, 1.82) is 0 Å². The Hall–Kier alpha value is -1.20. The van der Waals surface area contributed by atoms with Gasteiger partial charge in [0.25, 0.3) is 5.56 Å². The first-order valence-corrected chi connectivity index (χ1v) is 10.3. The Morgan fingerprint density at radius 3 is 2.88 bits per heavy atom. The molecule has 0 bridgehead atoms. The number of thiazole rings is 1. The molecule has 1 atom stereocenters. The van der Waals surface area contributed by atoms with E-state index in [4.69, 9.17) is 4.98 Å². The lowest BCUT2D eigenvalue weighted by Crippen LogP contribution is -2.32. The minimum atomic E-state index is 0.0665. The molecule has 0 unspecified atom stereocenters. The summed E-state index contributed by atoms with van der Waals surface area (Å²) in [6, 6.07) is 2.43. The monoisotopic (exact) mass is 345 g/mol. The van der Waals surface area contributed by atoms with Crippen molar-refractivity contribution in [2.24, 2.45) is 5.92 Å². The highest BCUT2D eigenvalue weighted by Gasteiger charge is 2.28. The van der Waals surface area contributed by atoms with Gasteiger partial charge in [-0.1, -0.05) is 32.1 Å². The molecule has 4 nitrogen and oxygen atoms in total. The van der Waals surface area contributed by atoms with E-state index in [1.807, 2.05) is 12.3 Å². The van der Waals surface area contributed by atoms with Crippen LogP contribution in [0.1, 0.15) is 62.8 Å². The van der Waals surface area contributed by atoms with Crippen LogP contribution in [0.25, 0.3) is 4.96 Å². The molecule has 2 aromatic heterocycles. The number of likely N-dealkylation sites (tertiary alicyclic amines) is 1. The van der Waals surface area contributed by atoms with Crippen molar-refractivity contribution in [2.75, 3.05) is 6.54 Å². The molecule has 3 heterocycles. The van der Waals surface area contributed by atoms with Gasteiger partial charge in [0.05, 0.1) is 5.69 Å². The fourth-order valence-electron chi connectivity index (χ4n) is 4.57. The summed E-state index contributed by atoms with van der Waals surface area (Å²) in [5.41, 5.74) is 1.99. The lowest BCUT2D eigenvalue weighted by molar-refractivity contribution is 0.190.